The Balaban J connectivity index is 1.87. The fraction of sp³-hybridized carbons (Fsp3) is 0.292. The van der Waals surface area contributed by atoms with E-state index in [1.54, 1.807) is 12.4 Å². The van der Waals surface area contributed by atoms with Crippen molar-refractivity contribution >= 4 is 0 Å². The van der Waals surface area contributed by atoms with Gasteiger partial charge in [-0.3, -0.25) is 14.9 Å². The van der Waals surface area contributed by atoms with E-state index in [-0.39, 0.29) is 18.1 Å². The van der Waals surface area contributed by atoms with Gasteiger partial charge < -0.3 is 5.11 Å². The monoisotopic (exact) mass is 384 g/mol. The van der Waals surface area contributed by atoms with Crippen LogP contribution in [-0.2, 0) is 0 Å². The van der Waals surface area contributed by atoms with Gasteiger partial charge in [-0.05, 0) is 60.3 Å². The van der Waals surface area contributed by atoms with Crippen LogP contribution in [0.3, 0.4) is 0 Å². The number of pyridine rings is 2. The van der Waals surface area contributed by atoms with Gasteiger partial charge in [-0.2, -0.15) is 5.26 Å². The highest BCUT2D eigenvalue weighted by Gasteiger charge is 2.34. The summed E-state index contributed by atoms with van der Waals surface area (Å²) in [6.07, 6.45) is 8.79. The molecule has 0 saturated carbocycles. The van der Waals surface area contributed by atoms with Crippen LogP contribution in [0.25, 0.3) is 0 Å². The molecule has 29 heavy (non-hydrogen) atoms. The normalized spacial score (nSPS) is 18.3. The molecule has 0 amide bonds. The number of likely N-dealkylation sites (tertiary alicyclic amines) is 1. The van der Waals surface area contributed by atoms with Crippen LogP contribution < -0.4 is 0 Å². The number of nitriles is 1. The number of nitrogens with zero attached hydrogens (tertiary/aromatic N) is 4. The van der Waals surface area contributed by atoms with Gasteiger partial charge in [-0.25, -0.2) is 0 Å². The lowest BCUT2D eigenvalue weighted by atomic mass is 9.81. The molecule has 146 valence electrons. The lowest BCUT2D eigenvalue weighted by Crippen LogP contribution is -2.43. The van der Waals surface area contributed by atoms with E-state index >= 15 is 0 Å². The van der Waals surface area contributed by atoms with Gasteiger partial charge in [-0.15, -0.1) is 0 Å². The molecule has 1 fully saturated rings. The second-order valence-electron chi connectivity index (χ2n) is 7.52. The number of β-amino-alcohol motifs (C(OH)–C–C–N with tert-alkyl or cyclic N) is 1. The van der Waals surface area contributed by atoms with Gasteiger partial charge in [0.1, 0.15) is 0 Å². The van der Waals surface area contributed by atoms with Gasteiger partial charge in [0.2, 0.25) is 0 Å². The van der Waals surface area contributed by atoms with E-state index in [1.807, 2.05) is 42.7 Å². The number of aliphatic hydroxyl groups is 1. The second-order valence-corrected chi connectivity index (χ2v) is 7.52. The maximum Gasteiger partial charge on any atom is 0.0991 e. The fourth-order valence-electron chi connectivity index (χ4n) is 4.32. The maximum absolute atomic E-state index is 10.4. The first-order valence-electron chi connectivity index (χ1n) is 9.98. The number of hydrogen-bond donors (Lipinski definition) is 1. The Morgan fingerprint density at radius 3 is 2.28 bits per heavy atom. The van der Waals surface area contributed by atoms with Crippen molar-refractivity contribution in [3.63, 3.8) is 0 Å². The van der Waals surface area contributed by atoms with Crippen LogP contribution in [0.4, 0.5) is 0 Å². The Morgan fingerprint density at radius 1 is 1.00 bits per heavy atom. The number of rotatable bonds is 5. The summed E-state index contributed by atoms with van der Waals surface area (Å²) in [6, 6.07) is 18.1. The zero-order valence-electron chi connectivity index (χ0n) is 16.2. The van der Waals surface area contributed by atoms with Crippen molar-refractivity contribution < 1.29 is 5.11 Å². The molecule has 1 aliphatic rings. The topological polar surface area (TPSA) is 73.0 Å². The minimum atomic E-state index is -0.339. The van der Waals surface area contributed by atoms with Gasteiger partial charge in [0.25, 0.3) is 0 Å². The van der Waals surface area contributed by atoms with Gasteiger partial charge in [0, 0.05) is 43.3 Å². The molecule has 1 N–H and O–H groups in total. The average Bonchev–Trinajstić information content (AvgIpc) is 2.78. The third-order valence-corrected chi connectivity index (χ3v) is 5.58. The first-order chi connectivity index (χ1) is 14.3. The van der Waals surface area contributed by atoms with Crippen molar-refractivity contribution in [3.05, 3.63) is 95.6 Å². The Bertz CT molecular complexity index is 931. The Labute approximate surface area is 171 Å². The largest absolute Gasteiger partial charge is 0.392 e. The summed E-state index contributed by atoms with van der Waals surface area (Å²) in [7, 11) is 0. The zero-order valence-corrected chi connectivity index (χ0v) is 16.2. The first kappa shape index (κ1) is 19.3. The van der Waals surface area contributed by atoms with Crippen molar-refractivity contribution in [1.29, 1.82) is 5.26 Å². The van der Waals surface area contributed by atoms with E-state index in [9.17, 15) is 10.4 Å². The minimum Gasteiger partial charge on any atom is -0.392 e. The molecule has 2 unspecified atom stereocenters. The molecule has 1 saturated heterocycles. The van der Waals surface area contributed by atoms with E-state index in [4.69, 9.17) is 0 Å². The summed E-state index contributed by atoms with van der Waals surface area (Å²) in [5, 5.41) is 19.8. The van der Waals surface area contributed by atoms with Crippen LogP contribution in [0, 0.1) is 11.3 Å². The van der Waals surface area contributed by atoms with Crippen molar-refractivity contribution in [1.82, 2.24) is 14.9 Å². The maximum atomic E-state index is 10.4. The van der Waals surface area contributed by atoms with Crippen LogP contribution in [0.1, 0.15) is 47.1 Å². The third kappa shape index (κ3) is 4.34. The number of hydrogen-bond acceptors (Lipinski definition) is 5. The lowest BCUT2D eigenvalue weighted by Gasteiger charge is -2.41. The van der Waals surface area contributed by atoms with E-state index in [1.165, 1.54) is 0 Å². The Hall–Kier alpha value is -3.07. The molecule has 1 aromatic carbocycles. The van der Waals surface area contributed by atoms with Crippen LogP contribution >= 0.6 is 0 Å². The zero-order chi connectivity index (χ0) is 20.1. The second kappa shape index (κ2) is 8.95. The van der Waals surface area contributed by atoms with Crippen LogP contribution in [0.2, 0.25) is 0 Å². The molecule has 5 heteroatoms. The summed E-state index contributed by atoms with van der Waals surface area (Å²) in [5.74, 6) is -0.0170. The Morgan fingerprint density at radius 2 is 1.69 bits per heavy atom. The van der Waals surface area contributed by atoms with Crippen LogP contribution in [0.15, 0.2) is 73.3 Å². The highest BCUT2D eigenvalue weighted by molar-refractivity contribution is 5.40. The van der Waals surface area contributed by atoms with Gasteiger partial charge in [-0.1, -0.05) is 24.3 Å². The summed E-state index contributed by atoms with van der Waals surface area (Å²) >= 11 is 0. The smallest absolute Gasteiger partial charge is 0.0991 e. The molecule has 2 aromatic heterocycles. The quantitative estimate of drug-likeness (QED) is 0.726. The Kier molecular flexibility index (Phi) is 5.95. The number of benzene rings is 1. The summed E-state index contributed by atoms with van der Waals surface area (Å²) in [4.78, 5) is 11.1. The highest BCUT2D eigenvalue weighted by Crippen LogP contribution is 2.41. The van der Waals surface area contributed by atoms with Crippen LogP contribution in [-0.4, -0.2) is 39.2 Å². The molecule has 3 aromatic rings. The molecule has 3 heterocycles. The standard InChI is InChI=1S/C24H24N4O/c25-14-18-5-1-6-19(13-18)24(28-12-4-9-22(29)17-28)23(20-7-2-10-26-15-20)21-8-3-11-27-16-21/h1-3,5-8,10-11,13,15-16,22-24,29H,4,9,12,17H2. The molecule has 1 aliphatic heterocycles. The highest BCUT2D eigenvalue weighted by atomic mass is 16.3. The van der Waals surface area contributed by atoms with E-state index < -0.39 is 0 Å². The van der Waals surface area contributed by atoms with E-state index in [0.29, 0.717) is 12.1 Å². The lowest BCUT2D eigenvalue weighted by molar-refractivity contribution is 0.0414. The molecular formula is C24H24N4O. The summed E-state index contributed by atoms with van der Waals surface area (Å²) < 4.78 is 0. The molecule has 0 aliphatic carbocycles. The van der Waals surface area contributed by atoms with E-state index in [0.717, 1.165) is 36.1 Å². The summed E-state index contributed by atoms with van der Waals surface area (Å²) in [6.45, 7) is 1.51. The predicted octanol–water partition coefficient (Wildman–Crippen LogP) is 3.68. The molecule has 0 bridgehead atoms. The van der Waals surface area contributed by atoms with Gasteiger partial charge in [0.15, 0.2) is 0 Å². The van der Waals surface area contributed by atoms with Crippen molar-refractivity contribution in [3.8, 4) is 6.07 Å². The van der Waals surface area contributed by atoms with Gasteiger partial charge in [0.05, 0.1) is 17.7 Å². The van der Waals surface area contributed by atoms with Crippen LogP contribution in [0.5, 0.6) is 0 Å². The SMILES string of the molecule is N#Cc1cccc(C(C(c2cccnc2)c2cccnc2)N2CCCC(O)C2)c1. The van der Waals surface area contributed by atoms with Gasteiger partial charge >= 0.3 is 0 Å². The van der Waals surface area contributed by atoms with Crippen molar-refractivity contribution in [2.75, 3.05) is 13.1 Å². The first-order valence-corrected chi connectivity index (χ1v) is 9.98. The number of aliphatic hydroxyl groups excluding tert-OH is 1. The third-order valence-electron chi connectivity index (χ3n) is 5.58. The minimum absolute atomic E-state index is 0.0170. The molecule has 0 spiro atoms. The molecular weight excluding hydrogens is 360 g/mol. The molecule has 2 atom stereocenters. The predicted molar refractivity (Wildman–Crippen MR) is 111 cm³/mol. The number of aromatic nitrogens is 2. The molecule has 4 rings (SSSR count). The molecule has 5 nitrogen and oxygen atoms in total. The molecule has 0 radical (unpaired) electrons. The number of piperidine rings is 1. The fourth-order valence-corrected chi connectivity index (χ4v) is 4.32. The summed E-state index contributed by atoms with van der Waals surface area (Å²) in [5.41, 5.74) is 3.89. The average molecular weight is 384 g/mol. The van der Waals surface area contributed by atoms with Crippen molar-refractivity contribution in [2.24, 2.45) is 0 Å². The van der Waals surface area contributed by atoms with E-state index in [2.05, 4.69) is 39.1 Å². The van der Waals surface area contributed by atoms with Crippen molar-refractivity contribution in [2.45, 2.75) is 30.9 Å².